The Morgan fingerprint density at radius 2 is 0.640 bits per heavy atom. The highest BCUT2D eigenvalue weighted by Gasteiger charge is 2.62. The van der Waals surface area contributed by atoms with Gasteiger partial charge in [-0.1, -0.05) is 219 Å². The Labute approximate surface area is 529 Å². The first-order valence-corrected chi connectivity index (χ1v) is 31.7. The van der Waals surface area contributed by atoms with Crippen molar-refractivity contribution < 1.29 is 47.6 Å². The van der Waals surface area contributed by atoms with Crippen LogP contribution in [0.3, 0.4) is 0 Å². The maximum absolute atomic E-state index is 15.5. The van der Waals surface area contributed by atoms with Crippen molar-refractivity contribution in [3.8, 4) is 31.0 Å². The second-order valence-electron chi connectivity index (χ2n) is 20.3. The first-order chi connectivity index (χ1) is 41.9. The predicted octanol–water partition coefficient (Wildman–Crippen LogP) is 15.6. The molecule has 10 nitrogen and oxygen atoms in total. The minimum absolute atomic E-state index is 0.151. The molecule has 2 aliphatic carbocycles. The van der Waals surface area contributed by atoms with E-state index in [1.807, 2.05) is 182 Å². The molecule has 0 saturated carbocycles. The van der Waals surface area contributed by atoms with Gasteiger partial charge in [-0.05, 0) is 46.5 Å². The zero-order valence-electron chi connectivity index (χ0n) is 44.7. The van der Waals surface area contributed by atoms with Crippen LogP contribution in [-0.2, 0) is 75.8 Å². The average Bonchev–Trinajstić information content (AvgIpc) is 1.54. The average molecular weight is 1270 g/mol. The first-order valence-electron chi connectivity index (χ1n) is 26.8. The first kappa shape index (κ1) is 55.6. The topological polar surface area (TPSA) is 124 Å². The lowest BCUT2D eigenvalue weighted by molar-refractivity contribution is -0.185. The predicted molar refractivity (Wildman–Crippen MR) is 352 cm³/mol. The van der Waals surface area contributed by atoms with E-state index in [1.54, 1.807) is 12.1 Å². The van der Waals surface area contributed by atoms with Crippen LogP contribution in [0.4, 0.5) is 0 Å². The molecular weight excluding hydrogens is 1230 g/mol. The molecule has 0 N–H and O–H groups in total. The van der Waals surface area contributed by atoms with E-state index in [4.69, 9.17) is 77.3 Å². The highest BCUT2D eigenvalue weighted by atomic mass is 32.1. The van der Waals surface area contributed by atoms with E-state index in [0.717, 1.165) is 22.3 Å². The van der Waals surface area contributed by atoms with Gasteiger partial charge in [0, 0.05) is 54.3 Å². The minimum atomic E-state index is -2.56. The van der Waals surface area contributed by atoms with E-state index >= 15 is 19.2 Å². The number of thiophene rings is 4. The molecule has 0 bridgehead atoms. The van der Waals surface area contributed by atoms with Gasteiger partial charge in [-0.15, -0.1) is 45.3 Å². The molecular formula is C68H40O10S8. The summed E-state index contributed by atoms with van der Waals surface area (Å²) in [4.78, 5) is 67.6. The van der Waals surface area contributed by atoms with Crippen LogP contribution >= 0.6 is 94.2 Å². The van der Waals surface area contributed by atoms with Crippen molar-refractivity contribution in [1.29, 1.82) is 0 Å². The monoisotopic (exact) mass is 1270 g/mol. The van der Waals surface area contributed by atoms with Gasteiger partial charge in [0.25, 0.3) is 0 Å². The molecule has 0 unspecified atom stereocenters. The number of carbonyl (C=O) groups excluding carboxylic acids is 4. The fourth-order valence-corrected chi connectivity index (χ4v) is 17.5. The van der Waals surface area contributed by atoms with Crippen LogP contribution in [0, 0.1) is 0 Å². The molecule has 6 aromatic carbocycles. The Bertz CT molecular complexity index is 4110. The summed E-state index contributed by atoms with van der Waals surface area (Å²) in [5, 5.41) is 0. The Morgan fingerprint density at radius 3 is 0.919 bits per heavy atom. The molecule has 0 fully saturated rings. The largest absolute Gasteiger partial charge is 0.457 e. The molecule has 4 aliphatic rings. The van der Waals surface area contributed by atoms with Crippen molar-refractivity contribution in [3.63, 3.8) is 0 Å². The van der Waals surface area contributed by atoms with Crippen molar-refractivity contribution in [2.24, 2.45) is 0 Å². The third-order valence-corrected chi connectivity index (χ3v) is 21.7. The van der Waals surface area contributed by atoms with E-state index in [2.05, 4.69) is 0 Å². The smallest absolute Gasteiger partial charge is 0.367 e. The van der Waals surface area contributed by atoms with Gasteiger partial charge in [0.15, 0.2) is 11.5 Å². The van der Waals surface area contributed by atoms with Crippen LogP contribution in [0.15, 0.2) is 193 Å². The second kappa shape index (κ2) is 22.5. The van der Waals surface area contributed by atoms with Crippen LogP contribution in [0.2, 0.25) is 0 Å². The van der Waals surface area contributed by atoms with E-state index in [9.17, 15) is 0 Å². The molecule has 4 aromatic heterocycles. The van der Waals surface area contributed by atoms with Crippen LogP contribution in [0.25, 0.3) is 41.1 Å². The third-order valence-electron chi connectivity index (χ3n) is 15.0. The normalized spacial score (nSPS) is 14.6. The number of benzene rings is 6. The third kappa shape index (κ3) is 9.43. The molecule has 86 heavy (non-hydrogen) atoms. The Morgan fingerprint density at radius 1 is 0.372 bits per heavy atom. The van der Waals surface area contributed by atoms with Crippen LogP contribution in [0.1, 0.15) is 65.4 Å². The van der Waals surface area contributed by atoms with E-state index in [-0.39, 0.29) is 49.1 Å². The lowest BCUT2D eigenvalue weighted by Gasteiger charge is -2.33. The molecule has 2 aliphatic heterocycles. The summed E-state index contributed by atoms with van der Waals surface area (Å²) in [5.74, 6) is -3.79. The molecule has 18 heteroatoms. The van der Waals surface area contributed by atoms with Crippen LogP contribution in [-0.4, -0.2) is 43.3 Å². The zero-order chi connectivity index (χ0) is 58.8. The molecule has 0 amide bonds. The van der Waals surface area contributed by atoms with Crippen molar-refractivity contribution in [3.05, 3.63) is 259 Å². The van der Waals surface area contributed by atoms with Gasteiger partial charge in [-0.2, -0.15) is 0 Å². The van der Waals surface area contributed by atoms with Gasteiger partial charge in [-0.25, -0.2) is 19.2 Å². The van der Waals surface area contributed by atoms with Gasteiger partial charge >= 0.3 is 35.1 Å². The molecule has 420 valence electrons. The van der Waals surface area contributed by atoms with E-state index in [1.165, 1.54) is 45.3 Å². The fourth-order valence-electron chi connectivity index (χ4n) is 10.8. The number of fused-ring (bicyclic) bond motifs is 11. The minimum Gasteiger partial charge on any atom is -0.457 e. The Balaban J connectivity index is 0.969. The number of hydrogen-bond donors (Lipinski definition) is 0. The van der Waals surface area contributed by atoms with Crippen molar-refractivity contribution >= 4 is 159 Å². The molecule has 0 saturated heterocycles. The summed E-state index contributed by atoms with van der Waals surface area (Å²) >= 11 is 29.2. The number of rotatable bonds is 14. The number of ether oxygens (including phenoxy) is 6. The van der Waals surface area contributed by atoms with E-state index < -0.39 is 35.1 Å². The SMILES string of the molecule is O=C(OCc1ccccc1)C1(C(=O)OCc2ccccc2)Oc2c(sc3c4c(sc23)-c2sc(C=C3C(=S)c5ccccc5C3=S)cc2C(C(=O)OCc2ccccc2)(C(=O)OCc2ccccc2)O4)-c2sc(C=C3C(=S)c4ccccc4C3=S)cc21. The van der Waals surface area contributed by atoms with Crippen molar-refractivity contribution in [2.45, 2.75) is 37.6 Å². The lowest BCUT2D eigenvalue weighted by atomic mass is 9.90. The highest BCUT2D eigenvalue weighted by Crippen LogP contribution is 2.65. The summed E-state index contributed by atoms with van der Waals surface area (Å²) in [6.45, 7) is -0.814. The molecule has 0 atom stereocenters. The quantitative estimate of drug-likeness (QED) is 0.0337. The van der Waals surface area contributed by atoms with Crippen LogP contribution in [0.5, 0.6) is 11.5 Å². The van der Waals surface area contributed by atoms with Crippen LogP contribution < -0.4 is 9.47 Å². The van der Waals surface area contributed by atoms with Gasteiger partial charge in [0.1, 0.15) is 26.4 Å². The molecule has 10 aromatic rings. The second-order valence-corrected chi connectivity index (χ2v) is 26.1. The number of esters is 4. The summed E-state index contributed by atoms with van der Waals surface area (Å²) < 4.78 is 39.9. The Hall–Kier alpha value is -8.30. The molecule has 6 heterocycles. The van der Waals surface area contributed by atoms with Gasteiger partial charge in [-0.3, -0.25) is 0 Å². The maximum atomic E-state index is 15.5. The molecule has 0 radical (unpaired) electrons. The number of hydrogen-bond acceptors (Lipinski definition) is 18. The molecule has 14 rings (SSSR count). The Kier molecular flexibility index (Phi) is 14.6. The summed E-state index contributed by atoms with van der Waals surface area (Å²) in [7, 11) is 0. The van der Waals surface area contributed by atoms with Gasteiger partial charge < -0.3 is 28.4 Å². The lowest BCUT2D eigenvalue weighted by Crippen LogP contribution is -2.52. The fraction of sp³-hybridized carbons (Fsp3) is 0.0882. The standard InChI is InChI=1S/C68H40O10S8/c69-63(73-33-37-17-5-1-6-18-37)67(64(70)74-34-38-19-7-2-8-20-38)49-31-41(29-47-53(79)43-25-13-14-26-44(43)54(47)80)83-57(49)59-51(77-67)61-62(85-59)52-60(86-61)58-50(32-42(84-58)30-48-55(81)45-27-15-16-28-46(45)56(48)82)68(78-52,65(71)75-35-39-21-9-3-10-22-39)66(72)76-36-40-23-11-4-12-24-40/h1-32H,33-36H2. The van der Waals surface area contributed by atoms with Gasteiger partial charge in [0.2, 0.25) is 0 Å². The van der Waals surface area contributed by atoms with E-state index in [0.29, 0.717) is 91.5 Å². The zero-order valence-corrected chi connectivity index (χ0v) is 51.2. The van der Waals surface area contributed by atoms with Gasteiger partial charge in [0.05, 0.1) is 48.4 Å². The summed E-state index contributed by atoms with van der Waals surface area (Å²) in [6.07, 6.45) is 3.74. The summed E-state index contributed by atoms with van der Waals surface area (Å²) in [6, 6.07) is 55.2. The van der Waals surface area contributed by atoms with Crippen molar-refractivity contribution in [2.75, 3.05) is 0 Å². The number of carbonyl (C=O) groups is 4. The highest BCUT2D eigenvalue weighted by molar-refractivity contribution is 7.84. The molecule has 0 spiro atoms. The number of thiocarbonyl (C=S) groups is 4. The number of allylic oxidation sites excluding steroid dienone is 2. The van der Waals surface area contributed by atoms with Crippen molar-refractivity contribution in [1.82, 2.24) is 0 Å². The summed E-state index contributed by atoms with van der Waals surface area (Å²) in [5.41, 5.74) is 2.46. The maximum Gasteiger partial charge on any atom is 0.367 e.